The van der Waals surface area contributed by atoms with Crippen molar-refractivity contribution >= 4 is 24.8 Å². The van der Waals surface area contributed by atoms with Crippen molar-refractivity contribution in [2.45, 2.75) is 0 Å². The molecule has 2 N–H and O–H groups in total. The maximum Gasteiger partial charge on any atom is 0.253 e. The van der Waals surface area contributed by atoms with Crippen molar-refractivity contribution in [2.75, 3.05) is 32.7 Å². The summed E-state index contributed by atoms with van der Waals surface area (Å²) >= 11 is 0. The number of anilines is 1. The summed E-state index contributed by atoms with van der Waals surface area (Å²) in [5.74, 6) is -0.0435. The monoisotopic (exact) mass is 224 g/mol. The van der Waals surface area contributed by atoms with E-state index in [1.54, 1.807) is 7.05 Å². The summed E-state index contributed by atoms with van der Waals surface area (Å²) in [7, 11) is 3.30. The number of carbonyl (C=O) groups is 1. The zero-order valence-electron chi connectivity index (χ0n) is 9.59. The number of amides is 1. The van der Waals surface area contributed by atoms with Gasteiger partial charge in [-0.15, -0.1) is 0 Å². The van der Waals surface area contributed by atoms with Crippen molar-refractivity contribution < 1.29 is 4.79 Å². The molecule has 0 saturated carbocycles. The molecule has 1 rings (SSSR count). The molecular formula is C11H17N2OP. The third kappa shape index (κ3) is 2.69. The molecule has 0 aliphatic rings. The van der Waals surface area contributed by atoms with Gasteiger partial charge < -0.3 is 10.6 Å². The topological polar surface area (TPSA) is 41.1 Å². The summed E-state index contributed by atoms with van der Waals surface area (Å²) in [5, 5.41) is 6.91. The molecular weight excluding hydrogens is 207 g/mol. The fourth-order valence-corrected chi connectivity index (χ4v) is 2.11. The molecule has 0 aliphatic carbocycles. The van der Waals surface area contributed by atoms with Crippen molar-refractivity contribution in [3.8, 4) is 0 Å². The molecule has 0 radical (unpaired) electrons. The Kier molecular flexibility index (Phi) is 4.10. The number of hydrogen-bond donors (Lipinski definition) is 2. The predicted molar refractivity (Wildman–Crippen MR) is 67.8 cm³/mol. The lowest BCUT2D eigenvalue weighted by molar-refractivity contribution is 0.0964. The summed E-state index contributed by atoms with van der Waals surface area (Å²) in [6.45, 7) is 4.36. The van der Waals surface area contributed by atoms with Gasteiger partial charge in [0.15, 0.2) is 0 Å². The van der Waals surface area contributed by atoms with Gasteiger partial charge in [-0.2, -0.15) is 0 Å². The van der Waals surface area contributed by atoms with Crippen LogP contribution < -0.4 is 15.9 Å². The van der Waals surface area contributed by atoms with Crippen molar-refractivity contribution in [1.82, 2.24) is 5.32 Å². The Morgan fingerprint density at radius 3 is 2.40 bits per heavy atom. The largest absolute Gasteiger partial charge is 0.387 e. The van der Waals surface area contributed by atoms with E-state index in [4.69, 9.17) is 0 Å². The van der Waals surface area contributed by atoms with Crippen molar-refractivity contribution in [2.24, 2.45) is 0 Å². The Hall–Kier alpha value is -1.08. The molecule has 0 bridgehead atoms. The van der Waals surface area contributed by atoms with E-state index in [0.717, 1.165) is 5.69 Å². The van der Waals surface area contributed by atoms with Gasteiger partial charge in [0.2, 0.25) is 0 Å². The van der Waals surface area contributed by atoms with E-state index in [2.05, 4.69) is 30.0 Å². The van der Waals surface area contributed by atoms with Gasteiger partial charge in [-0.25, -0.2) is 0 Å². The fourth-order valence-electron chi connectivity index (χ4n) is 1.35. The average molecular weight is 224 g/mol. The van der Waals surface area contributed by atoms with Gasteiger partial charge in [0.05, 0.1) is 5.56 Å². The van der Waals surface area contributed by atoms with E-state index in [9.17, 15) is 4.79 Å². The summed E-state index contributed by atoms with van der Waals surface area (Å²) in [6, 6.07) is 6.00. The molecule has 0 atom stereocenters. The molecule has 0 saturated heterocycles. The second-order valence-corrected chi connectivity index (χ2v) is 5.76. The van der Waals surface area contributed by atoms with E-state index < -0.39 is 0 Å². The quantitative estimate of drug-likeness (QED) is 0.763. The van der Waals surface area contributed by atoms with Crippen LogP contribution in [-0.4, -0.2) is 33.3 Å². The van der Waals surface area contributed by atoms with Gasteiger partial charge in [0.25, 0.3) is 5.91 Å². The van der Waals surface area contributed by atoms with Crippen molar-refractivity contribution in [1.29, 1.82) is 0 Å². The number of hydrogen-bond acceptors (Lipinski definition) is 2. The highest BCUT2D eigenvalue weighted by Gasteiger charge is 2.10. The van der Waals surface area contributed by atoms with Crippen LogP contribution >= 0.6 is 7.92 Å². The summed E-state index contributed by atoms with van der Waals surface area (Å²) < 4.78 is 0. The molecule has 3 nitrogen and oxygen atoms in total. The van der Waals surface area contributed by atoms with Crippen LogP contribution in [0.4, 0.5) is 5.69 Å². The van der Waals surface area contributed by atoms with E-state index in [-0.39, 0.29) is 13.8 Å². The first-order valence-corrected chi connectivity index (χ1v) is 7.05. The third-order valence-electron chi connectivity index (χ3n) is 2.26. The van der Waals surface area contributed by atoms with E-state index in [1.807, 2.05) is 19.2 Å². The van der Waals surface area contributed by atoms with Gasteiger partial charge in [-0.3, -0.25) is 4.79 Å². The van der Waals surface area contributed by atoms with Crippen LogP contribution in [0.1, 0.15) is 10.4 Å². The first-order valence-electron chi connectivity index (χ1n) is 4.81. The second-order valence-electron chi connectivity index (χ2n) is 3.45. The van der Waals surface area contributed by atoms with Crippen LogP contribution in [0.3, 0.4) is 0 Å². The highest BCUT2D eigenvalue weighted by Crippen LogP contribution is 2.26. The average Bonchev–Trinajstić information content (AvgIpc) is 2.27. The number of benzene rings is 1. The highest BCUT2D eigenvalue weighted by molar-refractivity contribution is 7.64. The Morgan fingerprint density at radius 2 is 1.93 bits per heavy atom. The molecule has 82 valence electrons. The normalized spacial score (nSPS) is 10.2. The molecule has 0 unspecified atom stereocenters. The molecule has 1 aromatic rings. The molecule has 0 heterocycles. The number of nitrogens with one attached hydrogen (secondary N) is 2. The lowest BCUT2D eigenvalue weighted by atomic mass is 10.1. The molecule has 4 heteroatoms. The first kappa shape index (κ1) is 12.0. The van der Waals surface area contributed by atoms with Crippen LogP contribution in [0.5, 0.6) is 0 Å². The summed E-state index contributed by atoms with van der Waals surface area (Å²) in [5.41, 5.74) is 1.59. The highest BCUT2D eigenvalue weighted by atomic mass is 31.1. The predicted octanol–water partition coefficient (Wildman–Crippen LogP) is 1.45. The molecule has 1 aromatic carbocycles. The third-order valence-corrected chi connectivity index (χ3v) is 3.57. The Bertz CT molecular complexity index is 364. The van der Waals surface area contributed by atoms with E-state index >= 15 is 0 Å². The zero-order valence-corrected chi connectivity index (χ0v) is 10.5. The van der Waals surface area contributed by atoms with Crippen molar-refractivity contribution in [3.63, 3.8) is 0 Å². The van der Waals surface area contributed by atoms with Gasteiger partial charge in [0.1, 0.15) is 0 Å². The van der Waals surface area contributed by atoms with E-state index in [0.29, 0.717) is 5.56 Å². The zero-order chi connectivity index (χ0) is 11.4. The lowest BCUT2D eigenvalue weighted by Crippen LogP contribution is -2.20. The molecule has 0 aliphatic heterocycles. The SMILES string of the molecule is CNC(=O)c1cc(P(C)C)ccc1NC. The molecule has 15 heavy (non-hydrogen) atoms. The lowest BCUT2D eigenvalue weighted by Gasteiger charge is -2.12. The molecule has 1 amide bonds. The summed E-state index contributed by atoms with van der Waals surface area (Å²) in [6.07, 6.45) is 0. The van der Waals surface area contributed by atoms with Gasteiger partial charge in [-0.1, -0.05) is 14.0 Å². The second kappa shape index (κ2) is 5.13. The maximum atomic E-state index is 11.6. The van der Waals surface area contributed by atoms with Gasteiger partial charge in [-0.05, 0) is 30.8 Å². The van der Waals surface area contributed by atoms with Crippen LogP contribution in [0.2, 0.25) is 0 Å². The van der Waals surface area contributed by atoms with Crippen LogP contribution in [-0.2, 0) is 0 Å². The molecule has 0 aromatic heterocycles. The number of carbonyl (C=O) groups excluding carboxylic acids is 1. The first-order chi connectivity index (χ1) is 7.10. The minimum atomic E-state index is -0.167. The van der Waals surface area contributed by atoms with Crippen LogP contribution in [0, 0.1) is 0 Å². The van der Waals surface area contributed by atoms with Gasteiger partial charge >= 0.3 is 0 Å². The minimum absolute atomic E-state index is 0.0435. The van der Waals surface area contributed by atoms with Crippen LogP contribution in [0.25, 0.3) is 0 Å². The smallest absolute Gasteiger partial charge is 0.253 e. The van der Waals surface area contributed by atoms with Crippen LogP contribution in [0.15, 0.2) is 18.2 Å². The van der Waals surface area contributed by atoms with Crippen molar-refractivity contribution in [3.05, 3.63) is 23.8 Å². The summed E-state index contributed by atoms with van der Waals surface area (Å²) in [4.78, 5) is 11.6. The fraction of sp³-hybridized carbons (Fsp3) is 0.364. The van der Waals surface area contributed by atoms with E-state index in [1.165, 1.54) is 5.30 Å². The Labute approximate surface area is 92.0 Å². The molecule has 0 fully saturated rings. The standard InChI is InChI=1S/C11H17N2OP/c1-12-10-6-5-8(15(3)4)7-9(10)11(14)13-2/h5-7,12H,1-4H3,(H,13,14). The minimum Gasteiger partial charge on any atom is -0.387 e. The number of rotatable bonds is 3. The van der Waals surface area contributed by atoms with Gasteiger partial charge in [0, 0.05) is 19.8 Å². The Morgan fingerprint density at radius 1 is 1.27 bits per heavy atom. The molecule has 0 spiro atoms. The Balaban J connectivity index is 3.19. The maximum absolute atomic E-state index is 11.6.